The number of nitrogens with one attached hydrogen (secondary N) is 1. The van der Waals surface area contributed by atoms with Gasteiger partial charge in [-0.05, 0) is 37.3 Å². The van der Waals surface area contributed by atoms with Gasteiger partial charge in [0, 0.05) is 41.9 Å². The zero-order chi connectivity index (χ0) is 27.1. The summed E-state index contributed by atoms with van der Waals surface area (Å²) in [5, 5.41) is 6.31. The molecular formula is C23H17ClF4N6O3. The van der Waals surface area contributed by atoms with Gasteiger partial charge in [0.1, 0.15) is 11.4 Å². The van der Waals surface area contributed by atoms with Crippen molar-refractivity contribution in [2.75, 3.05) is 12.4 Å². The molecule has 0 aliphatic carbocycles. The Kier molecular flexibility index (Phi) is 6.74. The van der Waals surface area contributed by atoms with Crippen LogP contribution in [-0.4, -0.2) is 37.4 Å². The Morgan fingerprint density at radius 2 is 1.92 bits per heavy atom. The fraction of sp³-hybridized carbons (Fsp3) is 0.174. The van der Waals surface area contributed by atoms with E-state index in [2.05, 4.69) is 25.1 Å². The summed E-state index contributed by atoms with van der Waals surface area (Å²) < 4.78 is 60.4. The molecule has 0 fully saturated rings. The lowest BCUT2D eigenvalue weighted by Gasteiger charge is -2.14. The van der Waals surface area contributed by atoms with Crippen molar-refractivity contribution in [3.8, 4) is 16.9 Å². The van der Waals surface area contributed by atoms with Gasteiger partial charge in [-0.2, -0.15) is 23.3 Å². The summed E-state index contributed by atoms with van der Waals surface area (Å²) in [5.74, 6) is -1.70. The number of aryl methyl sites for hydroxylation is 2. The summed E-state index contributed by atoms with van der Waals surface area (Å²) in [6.07, 6.45) is -2.07. The number of hydrogen-bond acceptors (Lipinski definition) is 7. The van der Waals surface area contributed by atoms with Crippen LogP contribution >= 0.6 is 11.6 Å². The first-order valence-corrected chi connectivity index (χ1v) is 10.8. The van der Waals surface area contributed by atoms with Gasteiger partial charge >= 0.3 is 12.1 Å². The van der Waals surface area contributed by atoms with Crippen molar-refractivity contribution in [2.45, 2.75) is 13.1 Å². The quantitative estimate of drug-likeness (QED) is 0.292. The van der Waals surface area contributed by atoms with Crippen LogP contribution in [0.4, 0.5) is 29.2 Å². The lowest BCUT2D eigenvalue weighted by Crippen LogP contribution is -2.25. The number of pyridine rings is 1. The molecule has 0 radical (unpaired) electrons. The number of halogens is 5. The fourth-order valence-corrected chi connectivity index (χ4v) is 3.62. The summed E-state index contributed by atoms with van der Waals surface area (Å²) in [4.78, 5) is 33.1. The van der Waals surface area contributed by atoms with Crippen molar-refractivity contribution >= 4 is 29.2 Å². The number of carbonyl (C=O) groups is 1. The first kappa shape index (κ1) is 25.8. The molecule has 4 aromatic rings. The molecule has 0 saturated heterocycles. The molecule has 0 unspecified atom stereocenters. The zero-order valence-corrected chi connectivity index (χ0v) is 20.1. The van der Waals surface area contributed by atoms with Crippen LogP contribution in [0.1, 0.15) is 21.7 Å². The summed E-state index contributed by atoms with van der Waals surface area (Å²) in [5.41, 5.74) is -1.29. The molecule has 192 valence electrons. The number of hydrogen-bond donors (Lipinski definition) is 1. The van der Waals surface area contributed by atoms with Gasteiger partial charge in [-0.3, -0.25) is 4.79 Å². The van der Waals surface area contributed by atoms with E-state index in [-0.39, 0.29) is 39.2 Å². The van der Waals surface area contributed by atoms with E-state index in [0.717, 1.165) is 28.5 Å². The Hall–Kier alpha value is -4.26. The first-order chi connectivity index (χ1) is 17.4. The van der Waals surface area contributed by atoms with E-state index < -0.39 is 29.2 Å². The van der Waals surface area contributed by atoms with E-state index in [1.807, 2.05) is 0 Å². The van der Waals surface area contributed by atoms with Crippen LogP contribution < -0.4 is 10.9 Å². The van der Waals surface area contributed by atoms with E-state index in [1.165, 1.54) is 44.6 Å². The molecule has 9 nitrogen and oxygen atoms in total. The second kappa shape index (κ2) is 9.65. The molecule has 1 N–H and O–H groups in total. The number of ether oxygens (including phenoxy) is 1. The lowest BCUT2D eigenvalue weighted by molar-refractivity contribution is -0.141. The van der Waals surface area contributed by atoms with Gasteiger partial charge in [0.25, 0.3) is 5.56 Å². The van der Waals surface area contributed by atoms with Crippen molar-refractivity contribution in [1.29, 1.82) is 0 Å². The van der Waals surface area contributed by atoms with E-state index in [4.69, 9.17) is 11.6 Å². The SMILES string of the molecule is COC(=O)c1cc(-c2cnc(Nc3ccc(F)c(Cl)c3)nc2-n2nc(C(F)(F)F)cc2C)cn(C)c1=O. The monoisotopic (exact) mass is 536 g/mol. The van der Waals surface area contributed by atoms with Crippen LogP contribution in [0.5, 0.6) is 0 Å². The third-order valence-corrected chi connectivity index (χ3v) is 5.51. The number of aromatic nitrogens is 5. The Morgan fingerprint density at radius 1 is 1.19 bits per heavy atom. The van der Waals surface area contributed by atoms with Crippen molar-refractivity contribution in [3.63, 3.8) is 0 Å². The molecule has 0 aliphatic heterocycles. The molecule has 37 heavy (non-hydrogen) atoms. The van der Waals surface area contributed by atoms with Crippen LogP contribution in [0.15, 0.2) is 47.5 Å². The summed E-state index contributed by atoms with van der Waals surface area (Å²) in [6, 6.07) is 5.84. The van der Waals surface area contributed by atoms with Gasteiger partial charge in [-0.25, -0.2) is 18.9 Å². The van der Waals surface area contributed by atoms with Crippen LogP contribution in [0.25, 0.3) is 16.9 Å². The van der Waals surface area contributed by atoms with Crippen LogP contribution in [0, 0.1) is 12.7 Å². The molecule has 0 spiro atoms. The summed E-state index contributed by atoms with van der Waals surface area (Å²) >= 11 is 5.82. The third-order valence-electron chi connectivity index (χ3n) is 5.22. The van der Waals surface area contributed by atoms with Gasteiger partial charge in [-0.15, -0.1) is 0 Å². The molecule has 0 amide bonds. The number of anilines is 2. The van der Waals surface area contributed by atoms with Gasteiger partial charge in [0.15, 0.2) is 11.5 Å². The van der Waals surface area contributed by atoms with E-state index in [0.29, 0.717) is 5.69 Å². The van der Waals surface area contributed by atoms with E-state index in [1.54, 1.807) is 0 Å². The number of nitrogens with zero attached hydrogens (tertiary/aromatic N) is 5. The summed E-state index contributed by atoms with van der Waals surface area (Å²) in [7, 11) is 2.50. The highest BCUT2D eigenvalue weighted by molar-refractivity contribution is 6.31. The molecule has 3 heterocycles. The number of alkyl halides is 3. The summed E-state index contributed by atoms with van der Waals surface area (Å²) in [6.45, 7) is 1.40. The standard InChI is InChI=1S/C23H17ClF4N6O3/c1-11-6-18(23(26,27)28)32-34(11)19-15(12-7-14(21(36)37-3)20(35)33(2)10-12)9-29-22(31-19)30-13-4-5-17(25)16(24)8-13/h4-10H,1-3H3,(H,29,30,31). The molecule has 1 aromatic carbocycles. The average Bonchev–Trinajstić information content (AvgIpc) is 3.24. The predicted octanol–water partition coefficient (Wildman–Crippen LogP) is 4.68. The van der Waals surface area contributed by atoms with Gasteiger partial charge in [0.2, 0.25) is 5.95 Å². The molecule has 14 heteroatoms. The Balaban J connectivity index is 1.92. The number of benzene rings is 1. The Labute approximate surface area is 211 Å². The van der Waals surface area contributed by atoms with Gasteiger partial charge < -0.3 is 14.6 Å². The van der Waals surface area contributed by atoms with Crippen LogP contribution in [-0.2, 0) is 18.0 Å². The highest BCUT2D eigenvalue weighted by atomic mass is 35.5. The van der Waals surface area contributed by atoms with E-state index >= 15 is 0 Å². The normalized spacial score (nSPS) is 11.5. The van der Waals surface area contributed by atoms with Crippen LogP contribution in [0.2, 0.25) is 5.02 Å². The van der Waals surface area contributed by atoms with Gasteiger partial charge in [0.05, 0.1) is 12.1 Å². The van der Waals surface area contributed by atoms with E-state index in [9.17, 15) is 27.2 Å². The maximum atomic E-state index is 13.5. The maximum absolute atomic E-state index is 13.5. The van der Waals surface area contributed by atoms with Crippen molar-refractivity contribution in [1.82, 2.24) is 24.3 Å². The third kappa shape index (κ3) is 5.16. The molecule has 0 aliphatic rings. The minimum absolute atomic E-state index is 0.0668. The zero-order valence-electron chi connectivity index (χ0n) is 19.4. The molecule has 0 bridgehead atoms. The highest BCUT2D eigenvalue weighted by Gasteiger charge is 2.35. The van der Waals surface area contributed by atoms with Crippen molar-refractivity contribution in [3.05, 3.63) is 80.9 Å². The number of methoxy groups -OCH3 is 1. The number of carbonyl (C=O) groups excluding carboxylic acids is 1. The van der Waals surface area contributed by atoms with Crippen molar-refractivity contribution in [2.24, 2.45) is 7.05 Å². The average molecular weight is 537 g/mol. The van der Waals surface area contributed by atoms with Gasteiger partial charge in [-0.1, -0.05) is 11.6 Å². The number of esters is 1. The topological polar surface area (TPSA) is 104 Å². The second-order valence-corrected chi connectivity index (χ2v) is 8.22. The van der Waals surface area contributed by atoms with Crippen molar-refractivity contribution < 1.29 is 27.1 Å². The fourth-order valence-electron chi connectivity index (χ4n) is 3.44. The maximum Gasteiger partial charge on any atom is 0.435 e. The smallest absolute Gasteiger partial charge is 0.435 e. The number of rotatable bonds is 5. The predicted molar refractivity (Wildman–Crippen MR) is 126 cm³/mol. The molecule has 4 rings (SSSR count). The molecule has 3 aromatic heterocycles. The first-order valence-electron chi connectivity index (χ1n) is 10.4. The Bertz CT molecular complexity index is 1580. The minimum atomic E-state index is -4.72. The molecular weight excluding hydrogens is 520 g/mol. The molecule has 0 saturated carbocycles. The molecule has 0 atom stereocenters. The minimum Gasteiger partial charge on any atom is -0.465 e. The highest BCUT2D eigenvalue weighted by Crippen LogP contribution is 2.32. The largest absolute Gasteiger partial charge is 0.465 e. The van der Waals surface area contributed by atoms with Crippen LogP contribution in [0.3, 0.4) is 0 Å². The lowest BCUT2D eigenvalue weighted by atomic mass is 10.1. The Morgan fingerprint density at radius 3 is 2.54 bits per heavy atom. The second-order valence-electron chi connectivity index (χ2n) is 7.82.